The van der Waals surface area contributed by atoms with Crippen molar-refractivity contribution in [1.29, 1.82) is 0 Å². The fourth-order valence-electron chi connectivity index (χ4n) is 2.59. The number of aryl methyl sites for hydroxylation is 1. The van der Waals surface area contributed by atoms with E-state index in [2.05, 4.69) is 19.2 Å². The monoisotopic (exact) mass is 264 g/mol. The van der Waals surface area contributed by atoms with Crippen LogP contribution in [0, 0.1) is 12.8 Å². The number of rotatable bonds is 4. The highest BCUT2D eigenvalue weighted by Crippen LogP contribution is 2.18. The Morgan fingerprint density at radius 3 is 2.68 bits per heavy atom. The standard InChI is InChI=1S/C15H24N2O2/c1-11(2)17(9-13-4-6-16-7-5-13)15(18)14-8-12(3)19-10-14/h8,10-11,13,16H,4-7,9H2,1-3H3. The van der Waals surface area contributed by atoms with Gasteiger partial charge in [0.15, 0.2) is 0 Å². The minimum atomic E-state index is 0.0883. The zero-order chi connectivity index (χ0) is 13.8. The number of hydrogen-bond acceptors (Lipinski definition) is 3. The van der Waals surface area contributed by atoms with Crippen LogP contribution in [0.15, 0.2) is 16.7 Å². The largest absolute Gasteiger partial charge is 0.469 e. The van der Waals surface area contributed by atoms with Gasteiger partial charge in [0.05, 0.1) is 5.56 Å². The number of hydrogen-bond donors (Lipinski definition) is 1. The molecule has 19 heavy (non-hydrogen) atoms. The summed E-state index contributed by atoms with van der Waals surface area (Å²) in [6, 6.07) is 2.04. The average molecular weight is 264 g/mol. The second-order valence-electron chi connectivity index (χ2n) is 5.69. The Morgan fingerprint density at radius 1 is 1.47 bits per heavy atom. The number of carbonyl (C=O) groups is 1. The molecule has 4 heteroatoms. The van der Waals surface area contributed by atoms with E-state index < -0.39 is 0 Å². The maximum Gasteiger partial charge on any atom is 0.257 e. The Labute approximate surface area is 115 Å². The molecule has 0 atom stereocenters. The number of nitrogens with zero attached hydrogens (tertiary/aromatic N) is 1. The van der Waals surface area contributed by atoms with Gasteiger partial charge in [0.1, 0.15) is 12.0 Å². The van der Waals surface area contributed by atoms with E-state index >= 15 is 0 Å². The highest BCUT2D eigenvalue weighted by atomic mass is 16.3. The van der Waals surface area contributed by atoms with Crippen molar-refractivity contribution < 1.29 is 9.21 Å². The van der Waals surface area contributed by atoms with Gasteiger partial charge in [-0.1, -0.05) is 0 Å². The van der Waals surface area contributed by atoms with Crippen molar-refractivity contribution in [3.63, 3.8) is 0 Å². The summed E-state index contributed by atoms with van der Waals surface area (Å²) in [5, 5.41) is 3.36. The molecule has 0 spiro atoms. The zero-order valence-corrected chi connectivity index (χ0v) is 12.1. The molecule has 0 aliphatic carbocycles. The summed E-state index contributed by atoms with van der Waals surface area (Å²) in [4.78, 5) is 14.5. The normalized spacial score (nSPS) is 16.8. The van der Waals surface area contributed by atoms with Gasteiger partial charge >= 0.3 is 0 Å². The highest BCUT2D eigenvalue weighted by Gasteiger charge is 2.24. The lowest BCUT2D eigenvalue weighted by atomic mass is 9.96. The minimum absolute atomic E-state index is 0.0883. The third-order valence-electron chi connectivity index (χ3n) is 3.78. The lowest BCUT2D eigenvalue weighted by Crippen LogP contribution is -2.42. The van der Waals surface area contributed by atoms with Gasteiger partial charge in [0.25, 0.3) is 5.91 Å². The second-order valence-corrected chi connectivity index (χ2v) is 5.69. The van der Waals surface area contributed by atoms with Gasteiger partial charge in [0.2, 0.25) is 0 Å². The zero-order valence-electron chi connectivity index (χ0n) is 12.1. The van der Waals surface area contributed by atoms with Gasteiger partial charge in [-0.15, -0.1) is 0 Å². The molecule has 1 aromatic heterocycles. The Hall–Kier alpha value is -1.29. The van der Waals surface area contributed by atoms with Gasteiger partial charge < -0.3 is 14.6 Å². The number of carbonyl (C=O) groups excluding carboxylic acids is 1. The van der Waals surface area contributed by atoms with Crippen LogP contribution < -0.4 is 5.32 Å². The van der Waals surface area contributed by atoms with Crippen LogP contribution >= 0.6 is 0 Å². The van der Waals surface area contributed by atoms with Crippen LogP contribution in [0.1, 0.15) is 42.8 Å². The van der Waals surface area contributed by atoms with E-state index in [1.165, 1.54) is 0 Å². The Balaban J connectivity index is 2.04. The smallest absolute Gasteiger partial charge is 0.257 e. The van der Waals surface area contributed by atoms with Crippen LogP contribution in [0.5, 0.6) is 0 Å². The number of amides is 1. The van der Waals surface area contributed by atoms with Crippen LogP contribution in [-0.4, -0.2) is 36.5 Å². The molecule has 2 heterocycles. The predicted octanol–water partition coefficient (Wildman–Crippen LogP) is 2.44. The first kappa shape index (κ1) is 14.1. The topological polar surface area (TPSA) is 45.5 Å². The Morgan fingerprint density at radius 2 is 2.16 bits per heavy atom. The summed E-state index contributed by atoms with van der Waals surface area (Å²) in [5.41, 5.74) is 0.667. The van der Waals surface area contributed by atoms with E-state index in [1.54, 1.807) is 6.26 Å². The van der Waals surface area contributed by atoms with E-state index in [-0.39, 0.29) is 11.9 Å². The fraction of sp³-hybridized carbons (Fsp3) is 0.667. The van der Waals surface area contributed by atoms with Crippen molar-refractivity contribution >= 4 is 5.91 Å². The molecular weight excluding hydrogens is 240 g/mol. The summed E-state index contributed by atoms with van der Waals surface area (Å²) in [6.07, 6.45) is 3.87. The summed E-state index contributed by atoms with van der Waals surface area (Å²) in [5.74, 6) is 1.49. The molecule has 1 aliphatic heterocycles. The molecule has 1 N–H and O–H groups in total. The molecule has 0 aromatic carbocycles. The lowest BCUT2D eigenvalue weighted by Gasteiger charge is -2.32. The molecule has 1 aromatic rings. The highest BCUT2D eigenvalue weighted by molar-refractivity contribution is 5.94. The van der Waals surface area contributed by atoms with E-state index in [9.17, 15) is 4.79 Å². The van der Waals surface area contributed by atoms with Crippen molar-refractivity contribution in [2.45, 2.75) is 39.7 Å². The summed E-state index contributed by atoms with van der Waals surface area (Å²) in [6.45, 7) is 8.99. The molecule has 0 bridgehead atoms. The first-order valence-electron chi connectivity index (χ1n) is 7.14. The average Bonchev–Trinajstić information content (AvgIpc) is 2.83. The SMILES string of the molecule is Cc1cc(C(=O)N(CC2CCNCC2)C(C)C)co1. The maximum absolute atomic E-state index is 12.5. The van der Waals surface area contributed by atoms with Crippen molar-refractivity contribution in [3.05, 3.63) is 23.7 Å². The molecular formula is C15H24N2O2. The van der Waals surface area contributed by atoms with E-state index in [1.807, 2.05) is 17.9 Å². The van der Waals surface area contributed by atoms with Crippen LogP contribution in [0.3, 0.4) is 0 Å². The summed E-state index contributed by atoms with van der Waals surface area (Å²) in [7, 11) is 0. The maximum atomic E-state index is 12.5. The second kappa shape index (κ2) is 6.24. The molecule has 2 rings (SSSR count). The van der Waals surface area contributed by atoms with Crippen molar-refractivity contribution in [3.8, 4) is 0 Å². The predicted molar refractivity (Wildman–Crippen MR) is 75.2 cm³/mol. The molecule has 1 aliphatic rings. The van der Waals surface area contributed by atoms with Crippen molar-refractivity contribution in [2.24, 2.45) is 5.92 Å². The third-order valence-corrected chi connectivity index (χ3v) is 3.78. The minimum Gasteiger partial charge on any atom is -0.469 e. The molecule has 1 amide bonds. The summed E-state index contributed by atoms with van der Waals surface area (Å²) < 4.78 is 5.25. The van der Waals surface area contributed by atoms with E-state index in [0.717, 1.165) is 38.2 Å². The van der Waals surface area contributed by atoms with Crippen molar-refractivity contribution in [1.82, 2.24) is 10.2 Å². The first-order chi connectivity index (χ1) is 9.08. The first-order valence-corrected chi connectivity index (χ1v) is 7.14. The van der Waals surface area contributed by atoms with Gasteiger partial charge in [-0.2, -0.15) is 0 Å². The van der Waals surface area contributed by atoms with Gasteiger partial charge in [-0.25, -0.2) is 0 Å². The van der Waals surface area contributed by atoms with Gasteiger partial charge in [-0.3, -0.25) is 4.79 Å². The molecule has 1 fully saturated rings. The third kappa shape index (κ3) is 3.60. The molecule has 4 nitrogen and oxygen atoms in total. The van der Waals surface area contributed by atoms with Gasteiger partial charge in [0, 0.05) is 12.6 Å². The fourth-order valence-corrected chi connectivity index (χ4v) is 2.59. The quantitative estimate of drug-likeness (QED) is 0.908. The van der Waals surface area contributed by atoms with Crippen LogP contribution in [0.4, 0.5) is 0 Å². The Bertz CT molecular complexity index is 420. The van der Waals surface area contributed by atoms with Crippen molar-refractivity contribution in [2.75, 3.05) is 19.6 Å². The van der Waals surface area contributed by atoms with Crippen LogP contribution in [-0.2, 0) is 0 Å². The number of piperidine rings is 1. The van der Waals surface area contributed by atoms with E-state index in [0.29, 0.717) is 11.5 Å². The van der Waals surface area contributed by atoms with Crippen LogP contribution in [0.2, 0.25) is 0 Å². The van der Waals surface area contributed by atoms with E-state index in [4.69, 9.17) is 4.42 Å². The molecule has 1 saturated heterocycles. The number of nitrogens with one attached hydrogen (secondary N) is 1. The lowest BCUT2D eigenvalue weighted by molar-refractivity contribution is 0.0657. The molecule has 106 valence electrons. The summed E-state index contributed by atoms with van der Waals surface area (Å²) >= 11 is 0. The van der Waals surface area contributed by atoms with Crippen LogP contribution in [0.25, 0.3) is 0 Å². The number of furan rings is 1. The van der Waals surface area contributed by atoms with Gasteiger partial charge in [-0.05, 0) is 58.7 Å². The Kier molecular flexibility index (Phi) is 4.64. The molecule has 0 unspecified atom stereocenters. The molecule has 0 saturated carbocycles. The molecule has 0 radical (unpaired) electrons.